The van der Waals surface area contributed by atoms with Gasteiger partial charge < -0.3 is 15.4 Å². The number of rotatable bonds is 7. The maximum atomic E-state index is 13.7. The molecular weight excluding hydrogens is 518 g/mol. The van der Waals surface area contributed by atoms with Gasteiger partial charge in [-0.2, -0.15) is 0 Å². The van der Waals surface area contributed by atoms with Gasteiger partial charge in [-0.3, -0.25) is 14.7 Å². The number of carbonyl (C=O) groups excluding carboxylic acids is 2. The second-order valence-corrected chi connectivity index (χ2v) is 9.06. The molecule has 2 aromatic heterocycles. The third-order valence-corrected chi connectivity index (χ3v) is 6.59. The Morgan fingerprint density at radius 2 is 1.67 bits per heavy atom. The summed E-state index contributed by atoms with van der Waals surface area (Å²) in [4.78, 5) is 30.4. The van der Waals surface area contributed by atoms with E-state index in [4.69, 9.17) is 15.5 Å². The molecule has 3 heterocycles. The van der Waals surface area contributed by atoms with Gasteiger partial charge in [-0.15, -0.1) is 0 Å². The summed E-state index contributed by atoms with van der Waals surface area (Å²) >= 11 is 0. The normalized spacial score (nSPS) is 14.8. The third kappa shape index (κ3) is 5.35. The molecule has 1 fully saturated rings. The third-order valence-electron chi connectivity index (χ3n) is 6.59. The molecule has 0 atom stereocenters. The number of piperidine rings is 1. The minimum atomic E-state index is -3.05. The van der Waals surface area contributed by atoms with Crippen molar-refractivity contribution in [3.05, 3.63) is 83.7 Å². The predicted octanol–water partition coefficient (Wildman–Crippen LogP) is 5.18. The lowest BCUT2D eigenvalue weighted by atomic mass is 9.91. The highest BCUT2D eigenvalue weighted by molar-refractivity contribution is 5.98. The average Bonchev–Trinajstić information content (AvgIpc) is 3.49. The number of primary amides is 1. The fourth-order valence-electron chi connectivity index (χ4n) is 4.71. The molecule has 1 aliphatic heterocycles. The highest BCUT2D eigenvalue weighted by Gasteiger charge is 2.30. The number of imidazole rings is 1. The monoisotopic (exact) mass is 541 g/mol. The van der Waals surface area contributed by atoms with Crippen molar-refractivity contribution in [1.82, 2.24) is 19.5 Å². The molecule has 0 aliphatic carbocycles. The number of H-pyrrole nitrogens is 1. The zero-order chi connectivity index (χ0) is 27.7. The van der Waals surface area contributed by atoms with Crippen LogP contribution in [-0.4, -0.2) is 50.8 Å². The van der Waals surface area contributed by atoms with E-state index >= 15 is 0 Å². The van der Waals surface area contributed by atoms with Crippen LogP contribution in [0.5, 0.6) is 11.5 Å². The van der Waals surface area contributed by atoms with Gasteiger partial charge in [0.1, 0.15) is 23.0 Å². The van der Waals surface area contributed by atoms with E-state index in [1.165, 1.54) is 33.7 Å². The van der Waals surface area contributed by atoms with Crippen LogP contribution < -0.4 is 10.5 Å². The number of halogens is 4. The molecule has 4 aromatic rings. The van der Waals surface area contributed by atoms with E-state index in [1.807, 2.05) is 0 Å². The summed E-state index contributed by atoms with van der Waals surface area (Å²) in [5.74, 6) is -2.71. The number of aromatic nitrogens is 3. The van der Waals surface area contributed by atoms with Gasteiger partial charge in [0.05, 0.1) is 0 Å². The minimum Gasteiger partial charge on any atom is -0.457 e. The molecule has 1 saturated heterocycles. The summed E-state index contributed by atoms with van der Waals surface area (Å²) in [6, 6.07) is 12.4. The second kappa shape index (κ2) is 10.6. The first kappa shape index (κ1) is 26.0. The van der Waals surface area contributed by atoms with Gasteiger partial charge >= 0.3 is 0 Å². The smallest absolute Gasteiger partial charge is 0.282 e. The van der Waals surface area contributed by atoms with Crippen LogP contribution in [0.1, 0.15) is 34.8 Å². The molecule has 0 unspecified atom stereocenters. The first-order valence-corrected chi connectivity index (χ1v) is 12.1. The number of nitrogens with two attached hydrogens (primary N) is 1. The number of amides is 2. The van der Waals surface area contributed by atoms with Crippen molar-refractivity contribution in [2.75, 3.05) is 13.1 Å². The first-order valence-electron chi connectivity index (χ1n) is 12.1. The number of allylic oxidation sites excluding steroid dienone is 1. The Morgan fingerprint density at radius 3 is 2.26 bits per heavy atom. The predicted molar refractivity (Wildman–Crippen MR) is 134 cm³/mol. The van der Waals surface area contributed by atoms with Crippen molar-refractivity contribution in [2.45, 2.75) is 25.2 Å². The number of hydrogen-bond acceptors (Lipinski definition) is 4. The van der Waals surface area contributed by atoms with E-state index in [-0.39, 0.29) is 36.6 Å². The van der Waals surface area contributed by atoms with Gasteiger partial charge in [-0.25, -0.2) is 27.1 Å². The zero-order valence-corrected chi connectivity index (χ0v) is 20.4. The SMILES string of the molecule is NC(=O)c1c(-c2ccc(Oc3ccc(F)cc3)cc2)nc2c(C3CCN(C(=O)C(F)=CC(F)F)CC3)c[nH]n12. The molecule has 2 amide bonds. The summed E-state index contributed by atoms with van der Waals surface area (Å²) in [7, 11) is 0. The van der Waals surface area contributed by atoms with Crippen LogP contribution in [0, 0.1) is 5.82 Å². The number of carbonyl (C=O) groups is 2. The second-order valence-electron chi connectivity index (χ2n) is 9.06. The van der Waals surface area contributed by atoms with E-state index in [9.17, 15) is 27.2 Å². The lowest BCUT2D eigenvalue weighted by molar-refractivity contribution is -0.129. The molecule has 0 saturated carbocycles. The van der Waals surface area contributed by atoms with Crippen LogP contribution in [-0.2, 0) is 4.79 Å². The molecule has 2 aromatic carbocycles. The van der Waals surface area contributed by atoms with Crippen LogP contribution in [0.25, 0.3) is 16.9 Å². The molecule has 8 nitrogen and oxygen atoms in total. The molecule has 202 valence electrons. The van der Waals surface area contributed by atoms with E-state index in [0.717, 1.165) is 5.56 Å². The molecule has 0 spiro atoms. The van der Waals surface area contributed by atoms with Crippen molar-refractivity contribution in [2.24, 2.45) is 5.73 Å². The molecule has 0 bridgehead atoms. The molecule has 5 rings (SSSR count). The largest absolute Gasteiger partial charge is 0.457 e. The Balaban J connectivity index is 1.37. The van der Waals surface area contributed by atoms with E-state index < -0.39 is 24.1 Å². The summed E-state index contributed by atoms with van der Waals surface area (Å²) in [5.41, 5.74) is 8.08. The summed E-state index contributed by atoms with van der Waals surface area (Å²) < 4.78 is 58.9. The number of nitrogens with one attached hydrogen (secondary N) is 1. The van der Waals surface area contributed by atoms with Crippen molar-refractivity contribution < 1.29 is 31.9 Å². The fourth-order valence-corrected chi connectivity index (χ4v) is 4.71. The number of aromatic amines is 1. The van der Waals surface area contributed by atoms with E-state index in [0.29, 0.717) is 41.2 Å². The molecule has 3 N–H and O–H groups in total. The topological polar surface area (TPSA) is 106 Å². The van der Waals surface area contributed by atoms with Gasteiger partial charge in [0, 0.05) is 36.5 Å². The maximum absolute atomic E-state index is 13.7. The molecule has 12 heteroatoms. The summed E-state index contributed by atoms with van der Waals surface area (Å²) in [5, 5.41) is 3.01. The Hall–Kier alpha value is -4.61. The van der Waals surface area contributed by atoms with Crippen LogP contribution in [0.3, 0.4) is 0 Å². The number of likely N-dealkylation sites (tertiary alicyclic amines) is 1. The van der Waals surface area contributed by atoms with Crippen molar-refractivity contribution >= 4 is 17.5 Å². The number of hydrogen-bond donors (Lipinski definition) is 2. The lowest BCUT2D eigenvalue weighted by Crippen LogP contribution is -2.38. The van der Waals surface area contributed by atoms with E-state index in [2.05, 4.69) is 5.10 Å². The van der Waals surface area contributed by atoms with Crippen molar-refractivity contribution in [1.29, 1.82) is 0 Å². The lowest BCUT2D eigenvalue weighted by Gasteiger charge is -2.31. The Labute approximate surface area is 219 Å². The molecule has 0 radical (unpaired) electrons. The first-order chi connectivity index (χ1) is 18.7. The van der Waals surface area contributed by atoms with Gasteiger partial charge in [-0.05, 0) is 67.3 Å². The quantitative estimate of drug-likeness (QED) is 0.248. The number of fused-ring (bicyclic) bond motifs is 1. The number of ether oxygens (including phenoxy) is 1. The zero-order valence-electron chi connectivity index (χ0n) is 20.4. The highest BCUT2D eigenvalue weighted by atomic mass is 19.3. The number of nitrogens with zero attached hydrogens (tertiary/aromatic N) is 3. The van der Waals surface area contributed by atoms with Crippen molar-refractivity contribution in [3.63, 3.8) is 0 Å². The minimum absolute atomic E-state index is 0.00297. The molecule has 39 heavy (non-hydrogen) atoms. The van der Waals surface area contributed by atoms with Gasteiger partial charge in [0.25, 0.3) is 18.2 Å². The van der Waals surface area contributed by atoms with Crippen molar-refractivity contribution in [3.8, 4) is 22.8 Å². The van der Waals surface area contributed by atoms with Crippen LogP contribution in [0.15, 0.2) is 66.6 Å². The van der Waals surface area contributed by atoms with Gasteiger partial charge in [0.15, 0.2) is 17.2 Å². The van der Waals surface area contributed by atoms with Gasteiger partial charge in [0.2, 0.25) is 0 Å². The standard InChI is InChI=1S/C27H23F4N5O3/c28-17-3-7-19(8-4-17)39-18-5-1-16(2-6-18)23-24(25(32)37)36-26(34-23)20(14-33-36)15-9-11-35(12-10-15)27(38)21(29)13-22(30)31/h1-8,13-15,22,33H,9-12H2,(H2,32,37). The highest BCUT2D eigenvalue weighted by Crippen LogP contribution is 2.34. The maximum Gasteiger partial charge on any atom is 0.282 e. The Kier molecular flexibility index (Phi) is 7.09. The van der Waals surface area contributed by atoms with Gasteiger partial charge in [-0.1, -0.05) is 0 Å². The van der Waals surface area contributed by atoms with Crippen LogP contribution in [0.2, 0.25) is 0 Å². The van der Waals surface area contributed by atoms with Crippen LogP contribution in [0.4, 0.5) is 17.6 Å². The number of benzene rings is 2. The Morgan fingerprint density at radius 1 is 1.05 bits per heavy atom. The molecule has 1 aliphatic rings. The summed E-state index contributed by atoms with van der Waals surface area (Å²) in [6.45, 7) is 0.355. The number of alkyl halides is 2. The average molecular weight is 542 g/mol. The summed E-state index contributed by atoms with van der Waals surface area (Å²) in [6.07, 6.45) is -0.442. The molecular formula is C27H23F4N5O3. The van der Waals surface area contributed by atoms with Crippen LogP contribution >= 0.6 is 0 Å². The van der Waals surface area contributed by atoms with E-state index in [1.54, 1.807) is 30.5 Å². The fraction of sp³-hybridized carbons (Fsp3) is 0.222. The Bertz CT molecular complexity index is 1540.